The van der Waals surface area contributed by atoms with Gasteiger partial charge in [-0.05, 0) is 13.8 Å². The van der Waals surface area contributed by atoms with Crippen LogP contribution in [0.2, 0.25) is 0 Å². The van der Waals surface area contributed by atoms with Gasteiger partial charge in [0.05, 0.1) is 19.8 Å². The Hall–Kier alpha value is -0.650. The van der Waals surface area contributed by atoms with E-state index >= 15 is 0 Å². The number of esters is 1. The molecule has 0 aromatic rings. The molecule has 0 aromatic heterocycles. The number of hydrogen-bond donors (Lipinski definition) is 0. The van der Waals surface area contributed by atoms with Gasteiger partial charge in [-0.1, -0.05) is 0 Å². The van der Waals surface area contributed by atoms with Gasteiger partial charge in [0.25, 0.3) is 0 Å². The van der Waals surface area contributed by atoms with E-state index in [9.17, 15) is 4.79 Å². The maximum atomic E-state index is 11.0. The molecule has 1 unspecified atom stereocenters. The minimum absolute atomic E-state index is 0.0728. The van der Waals surface area contributed by atoms with Gasteiger partial charge in [-0.15, -0.1) is 0 Å². The number of rotatable bonds is 8. The molecule has 0 radical (unpaired) electrons. The predicted molar refractivity (Wildman–Crippen MR) is 49.9 cm³/mol. The summed E-state index contributed by atoms with van der Waals surface area (Å²) in [5.41, 5.74) is 0. The fourth-order valence-corrected chi connectivity index (χ4v) is 0.679. The first-order valence-electron chi connectivity index (χ1n) is 4.57. The molecule has 0 saturated carbocycles. The molecule has 0 saturated heterocycles. The molecule has 0 bridgehead atoms. The van der Waals surface area contributed by atoms with Crippen LogP contribution in [-0.4, -0.2) is 45.8 Å². The van der Waals surface area contributed by atoms with Crippen LogP contribution in [0.15, 0.2) is 0 Å². The van der Waals surface area contributed by atoms with E-state index in [-0.39, 0.29) is 12.8 Å². The van der Waals surface area contributed by atoms with Crippen molar-refractivity contribution in [3.05, 3.63) is 0 Å². The lowest BCUT2D eigenvalue weighted by Crippen LogP contribution is -2.24. The molecule has 0 aromatic carbocycles. The first-order chi connectivity index (χ1) is 6.72. The van der Waals surface area contributed by atoms with Crippen LogP contribution < -0.4 is 0 Å². The summed E-state index contributed by atoms with van der Waals surface area (Å²) in [6.07, 6.45) is -0.586. The zero-order valence-electron chi connectivity index (χ0n) is 8.95. The van der Waals surface area contributed by atoms with Crippen LogP contribution in [0.4, 0.5) is 0 Å². The van der Waals surface area contributed by atoms with Crippen LogP contribution in [0.1, 0.15) is 13.8 Å². The van der Waals surface area contributed by atoms with Gasteiger partial charge in [-0.3, -0.25) is 0 Å². The second-order valence-corrected chi connectivity index (χ2v) is 2.58. The molecule has 0 heterocycles. The summed E-state index contributed by atoms with van der Waals surface area (Å²) in [4.78, 5) is 11.0. The van der Waals surface area contributed by atoms with Crippen molar-refractivity contribution in [1.82, 2.24) is 0 Å². The van der Waals surface area contributed by atoms with Crippen molar-refractivity contribution >= 4 is 5.97 Å². The first kappa shape index (κ1) is 13.4. The van der Waals surface area contributed by atoms with Crippen LogP contribution in [0.3, 0.4) is 0 Å². The number of ether oxygens (including phenoxy) is 4. The molecule has 0 amide bonds. The Balaban J connectivity index is 3.34. The standard InChI is InChI=1S/C9H18O5/c1-4-13-9(10)8(2)14-7-12-6-5-11-3/h8H,4-7H2,1-3H3. The highest BCUT2D eigenvalue weighted by molar-refractivity contribution is 5.74. The Labute approximate surface area is 84.3 Å². The third kappa shape index (κ3) is 6.82. The third-order valence-corrected chi connectivity index (χ3v) is 1.45. The largest absolute Gasteiger partial charge is 0.464 e. The molecular weight excluding hydrogens is 188 g/mol. The number of methoxy groups -OCH3 is 1. The molecule has 5 heteroatoms. The van der Waals surface area contributed by atoms with Crippen molar-refractivity contribution in [2.24, 2.45) is 0 Å². The molecule has 0 aliphatic carbocycles. The van der Waals surface area contributed by atoms with Gasteiger partial charge in [-0.2, -0.15) is 0 Å². The Kier molecular flexibility index (Phi) is 8.51. The second-order valence-electron chi connectivity index (χ2n) is 2.58. The molecule has 0 spiro atoms. The smallest absolute Gasteiger partial charge is 0.335 e. The Bertz CT molecular complexity index is 148. The molecule has 84 valence electrons. The highest BCUT2D eigenvalue weighted by atomic mass is 16.7. The van der Waals surface area contributed by atoms with Gasteiger partial charge >= 0.3 is 5.97 Å². The molecule has 0 fully saturated rings. The van der Waals surface area contributed by atoms with Crippen molar-refractivity contribution in [2.75, 3.05) is 33.7 Å². The monoisotopic (exact) mass is 206 g/mol. The van der Waals surface area contributed by atoms with Gasteiger partial charge in [0.2, 0.25) is 0 Å². The number of carbonyl (C=O) groups is 1. The minimum Gasteiger partial charge on any atom is -0.464 e. The first-order valence-corrected chi connectivity index (χ1v) is 4.57. The van der Waals surface area contributed by atoms with Crippen LogP contribution in [0.25, 0.3) is 0 Å². The zero-order valence-corrected chi connectivity index (χ0v) is 8.95. The van der Waals surface area contributed by atoms with E-state index in [4.69, 9.17) is 18.9 Å². The quantitative estimate of drug-likeness (QED) is 0.330. The van der Waals surface area contributed by atoms with E-state index in [2.05, 4.69) is 0 Å². The van der Waals surface area contributed by atoms with Crippen LogP contribution >= 0.6 is 0 Å². The van der Waals surface area contributed by atoms with Gasteiger partial charge in [0, 0.05) is 7.11 Å². The van der Waals surface area contributed by atoms with Gasteiger partial charge in [0.15, 0.2) is 6.10 Å². The maximum Gasteiger partial charge on any atom is 0.335 e. The normalized spacial score (nSPS) is 12.5. The highest BCUT2D eigenvalue weighted by Gasteiger charge is 2.13. The van der Waals surface area contributed by atoms with Crippen LogP contribution in [0, 0.1) is 0 Å². The fraction of sp³-hybridized carbons (Fsp3) is 0.889. The van der Waals surface area contributed by atoms with Crippen LogP contribution in [0.5, 0.6) is 0 Å². The minimum atomic E-state index is -0.586. The van der Waals surface area contributed by atoms with Gasteiger partial charge in [0.1, 0.15) is 6.79 Å². The van der Waals surface area contributed by atoms with Crippen LogP contribution in [-0.2, 0) is 23.7 Å². The summed E-state index contributed by atoms with van der Waals surface area (Å²) >= 11 is 0. The number of carbonyl (C=O) groups excluding carboxylic acids is 1. The summed E-state index contributed by atoms with van der Waals surface area (Å²) < 4.78 is 19.6. The molecule has 0 aliphatic rings. The summed E-state index contributed by atoms with van der Waals surface area (Å²) in [5, 5.41) is 0. The molecule has 1 atom stereocenters. The van der Waals surface area contributed by atoms with E-state index in [1.54, 1.807) is 21.0 Å². The van der Waals surface area contributed by atoms with Gasteiger partial charge < -0.3 is 18.9 Å². The Morgan fingerprint density at radius 3 is 2.64 bits per heavy atom. The summed E-state index contributed by atoms with van der Waals surface area (Å²) in [6, 6.07) is 0. The van der Waals surface area contributed by atoms with Gasteiger partial charge in [-0.25, -0.2) is 4.79 Å². The molecule has 0 rings (SSSR count). The van der Waals surface area contributed by atoms with Crippen molar-refractivity contribution in [3.63, 3.8) is 0 Å². The summed E-state index contributed by atoms with van der Waals surface area (Å²) in [5.74, 6) is -0.372. The second kappa shape index (κ2) is 8.93. The van der Waals surface area contributed by atoms with Crippen molar-refractivity contribution in [1.29, 1.82) is 0 Å². The maximum absolute atomic E-state index is 11.0. The van der Waals surface area contributed by atoms with E-state index < -0.39 is 6.10 Å². The highest BCUT2D eigenvalue weighted by Crippen LogP contribution is 1.94. The average molecular weight is 206 g/mol. The van der Waals surface area contributed by atoms with E-state index in [1.807, 2.05) is 0 Å². The molecule has 5 nitrogen and oxygen atoms in total. The molecular formula is C9H18O5. The zero-order chi connectivity index (χ0) is 10.8. The lowest BCUT2D eigenvalue weighted by atomic mass is 10.4. The van der Waals surface area contributed by atoms with E-state index in [1.165, 1.54) is 0 Å². The molecule has 14 heavy (non-hydrogen) atoms. The van der Waals surface area contributed by atoms with E-state index in [0.717, 1.165) is 0 Å². The van der Waals surface area contributed by atoms with E-state index in [0.29, 0.717) is 19.8 Å². The fourth-order valence-electron chi connectivity index (χ4n) is 0.679. The lowest BCUT2D eigenvalue weighted by Gasteiger charge is -2.11. The topological polar surface area (TPSA) is 54.0 Å². The predicted octanol–water partition coefficient (Wildman–Crippen LogP) is 0.575. The SMILES string of the molecule is CCOC(=O)C(C)OCOCCOC. The third-order valence-electron chi connectivity index (χ3n) is 1.45. The average Bonchev–Trinajstić information content (AvgIpc) is 2.17. The Morgan fingerprint density at radius 2 is 2.07 bits per heavy atom. The molecule has 0 aliphatic heterocycles. The number of hydrogen-bond acceptors (Lipinski definition) is 5. The molecule has 0 N–H and O–H groups in total. The summed E-state index contributed by atoms with van der Waals surface area (Å²) in [6.45, 7) is 4.76. The van der Waals surface area contributed by atoms with Crippen molar-refractivity contribution in [3.8, 4) is 0 Å². The lowest BCUT2D eigenvalue weighted by molar-refractivity contribution is -0.165. The Morgan fingerprint density at radius 1 is 1.36 bits per heavy atom. The summed E-state index contributed by atoms with van der Waals surface area (Å²) in [7, 11) is 1.59. The van der Waals surface area contributed by atoms with Crippen molar-refractivity contribution < 1.29 is 23.7 Å². The van der Waals surface area contributed by atoms with Crippen molar-refractivity contribution in [2.45, 2.75) is 20.0 Å².